The topological polar surface area (TPSA) is 19.6 Å². The summed E-state index contributed by atoms with van der Waals surface area (Å²) in [5.74, 6) is 0. The van der Waals surface area contributed by atoms with Crippen LogP contribution >= 0.6 is 0 Å². The lowest BCUT2D eigenvalue weighted by atomic mass is 9.33. The van der Waals surface area contributed by atoms with E-state index < -0.39 is 0 Å². The minimum absolute atomic E-state index is 0.0346. The highest BCUT2D eigenvalue weighted by Gasteiger charge is 2.47. The number of nitrogens with zero attached hydrogens (tertiary/aromatic N) is 2. The van der Waals surface area contributed by atoms with Crippen LogP contribution in [0, 0.1) is 13.8 Å². The Morgan fingerprint density at radius 1 is 0.471 bits per heavy atom. The monoisotopic (exact) mass is 891 g/mol. The number of benzene rings is 7. The van der Waals surface area contributed by atoms with Crippen molar-refractivity contribution in [3.05, 3.63) is 160 Å². The van der Waals surface area contributed by atoms with E-state index in [0.717, 1.165) is 24.0 Å². The van der Waals surface area contributed by atoms with Crippen molar-refractivity contribution in [3.63, 3.8) is 0 Å². The highest BCUT2D eigenvalue weighted by Crippen LogP contribution is 2.53. The molecule has 342 valence electrons. The van der Waals surface area contributed by atoms with E-state index in [4.69, 9.17) is 4.42 Å². The Balaban J connectivity index is 1.22. The lowest BCUT2D eigenvalue weighted by molar-refractivity contribution is 0.332. The maximum atomic E-state index is 7.18. The summed E-state index contributed by atoms with van der Waals surface area (Å²) in [5.41, 5.74) is 25.8. The van der Waals surface area contributed by atoms with Gasteiger partial charge in [-0.1, -0.05) is 143 Å². The normalized spacial score (nSPS) is 18.2. The van der Waals surface area contributed by atoms with E-state index in [1.807, 2.05) is 0 Å². The second-order valence-electron chi connectivity index (χ2n) is 24.9. The van der Waals surface area contributed by atoms with Gasteiger partial charge in [0.2, 0.25) is 0 Å². The van der Waals surface area contributed by atoms with Gasteiger partial charge in [0.25, 0.3) is 6.71 Å². The Morgan fingerprint density at radius 3 is 1.62 bits per heavy atom. The number of para-hydroxylation sites is 1. The number of hydrogen-bond donors (Lipinski definition) is 0. The number of anilines is 6. The van der Waals surface area contributed by atoms with Crippen molar-refractivity contribution in [2.24, 2.45) is 0 Å². The Kier molecular flexibility index (Phi) is 9.10. The first-order chi connectivity index (χ1) is 32.1. The molecule has 0 unspecified atom stereocenters. The van der Waals surface area contributed by atoms with Gasteiger partial charge in [-0.05, 0) is 182 Å². The highest BCUT2D eigenvalue weighted by atomic mass is 16.3. The molecule has 2 aliphatic heterocycles. The van der Waals surface area contributed by atoms with Gasteiger partial charge >= 0.3 is 0 Å². The Hall–Kier alpha value is -6.00. The van der Waals surface area contributed by atoms with E-state index in [0.29, 0.717) is 0 Å². The van der Waals surface area contributed by atoms with Crippen LogP contribution in [0.2, 0.25) is 0 Å². The average molecular weight is 891 g/mol. The Bertz CT molecular complexity index is 3430. The van der Waals surface area contributed by atoms with Crippen molar-refractivity contribution >= 4 is 79.2 Å². The van der Waals surface area contributed by atoms with Gasteiger partial charge in [-0.25, -0.2) is 0 Å². The second kappa shape index (κ2) is 14.3. The molecule has 2 aliphatic carbocycles. The highest BCUT2D eigenvalue weighted by molar-refractivity contribution is 7.00. The zero-order valence-electron chi connectivity index (χ0n) is 42.8. The fourth-order valence-corrected chi connectivity index (χ4v) is 12.9. The largest absolute Gasteiger partial charge is 0.456 e. The van der Waals surface area contributed by atoms with Crippen LogP contribution in [0.5, 0.6) is 0 Å². The van der Waals surface area contributed by atoms with Gasteiger partial charge in [0.05, 0.1) is 5.69 Å². The molecule has 68 heavy (non-hydrogen) atoms. The number of rotatable bonds is 3. The van der Waals surface area contributed by atoms with Gasteiger partial charge in [0.15, 0.2) is 0 Å². The molecular formula is C64H67BN2O. The molecule has 0 N–H and O–H groups in total. The third-order valence-corrected chi connectivity index (χ3v) is 17.3. The maximum absolute atomic E-state index is 7.18. The van der Waals surface area contributed by atoms with Gasteiger partial charge in [0, 0.05) is 44.8 Å². The summed E-state index contributed by atoms with van der Waals surface area (Å²) in [4.78, 5) is 5.27. The van der Waals surface area contributed by atoms with E-state index in [2.05, 4.69) is 221 Å². The van der Waals surface area contributed by atoms with Crippen LogP contribution in [0.15, 0.2) is 126 Å². The molecule has 0 amide bonds. The second-order valence-corrected chi connectivity index (χ2v) is 24.9. The smallest absolute Gasteiger partial charge is 0.252 e. The van der Waals surface area contributed by atoms with Crippen LogP contribution in [-0.2, 0) is 27.1 Å². The molecule has 4 aliphatic rings. The van der Waals surface area contributed by atoms with Crippen molar-refractivity contribution < 1.29 is 4.42 Å². The Morgan fingerprint density at radius 2 is 0.985 bits per heavy atom. The van der Waals surface area contributed by atoms with E-state index in [1.54, 1.807) is 0 Å². The number of fused-ring (bicyclic) bond motifs is 9. The molecule has 4 heteroatoms. The molecule has 0 saturated heterocycles. The van der Waals surface area contributed by atoms with E-state index in [1.165, 1.54) is 124 Å². The van der Waals surface area contributed by atoms with E-state index in [9.17, 15) is 0 Å². The van der Waals surface area contributed by atoms with Gasteiger partial charge in [-0.2, -0.15) is 0 Å². The predicted octanol–water partition coefficient (Wildman–Crippen LogP) is 15.9. The SMILES string of the molecule is Cc1cc2c3c(c1)N(c1ccccc1-c1ccccc1)c1cc4c(cc1B3c1cc3c(cc1N2c1ccc(C(C)(C)C)cc1C)C(C)(C)CCC3(C)C)oc1cc2c(cc14)C(C)(C)CCC2(C)C. The molecule has 0 bridgehead atoms. The quantitative estimate of drug-likeness (QED) is 0.165. The number of aryl methyl sites for hydroxylation is 2. The predicted molar refractivity (Wildman–Crippen MR) is 292 cm³/mol. The number of hydrogen-bond acceptors (Lipinski definition) is 3. The zero-order valence-corrected chi connectivity index (χ0v) is 42.8. The van der Waals surface area contributed by atoms with Crippen LogP contribution in [0.25, 0.3) is 33.1 Å². The van der Waals surface area contributed by atoms with Crippen molar-refractivity contribution in [1.29, 1.82) is 0 Å². The summed E-state index contributed by atoms with van der Waals surface area (Å²) < 4.78 is 7.18. The summed E-state index contributed by atoms with van der Waals surface area (Å²) in [6.07, 6.45) is 4.66. The summed E-state index contributed by atoms with van der Waals surface area (Å²) in [6.45, 7) is 31.1. The van der Waals surface area contributed by atoms with Crippen LogP contribution in [-0.4, -0.2) is 6.71 Å². The fourth-order valence-electron chi connectivity index (χ4n) is 12.9. The Labute approximate surface area is 405 Å². The third-order valence-electron chi connectivity index (χ3n) is 17.3. The molecule has 0 fully saturated rings. The van der Waals surface area contributed by atoms with Crippen molar-refractivity contribution in [2.75, 3.05) is 9.80 Å². The molecular weight excluding hydrogens is 824 g/mol. The van der Waals surface area contributed by atoms with Gasteiger partial charge in [-0.15, -0.1) is 0 Å². The molecule has 1 aromatic heterocycles. The van der Waals surface area contributed by atoms with Crippen LogP contribution in [0.4, 0.5) is 34.1 Å². The maximum Gasteiger partial charge on any atom is 0.252 e. The van der Waals surface area contributed by atoms with Gasteiger partial charge in [0.1, 0.15) is 11.2 Å². The molecule has 8 aromatic rings. The van der Waals surface area contributed by atoms with Crippen molar-refractivity contribution in [3.8, 4) is 11.1 Å². The minimum atomic E-state index is -0.0361. The molecule has 12 rings (SSSR count). The van der Waals surface area contributed by atoms with E-state index >= 15 is 0 Å². The van der Waals surface area contributed by atoms with Gasteiger partial charge in [-0.3, -0.25) is 0 Å². The molecule has 7 aromatic carbocycles. The average Bonchev–Trinajstić information content (AvgIpc) is 3.65. The molecule has 3 heterocycles. The summed E-state index contributed by atoms with van der Waals surface area (Å²) >= 11 is 0. The first-order valence-electron chi connectivity index (χ1n) is 25.4. The molecule has 0 radical (unpaired) electrons. The lowest BCUT2D eigenvalue weighted by Crippen LogP contribution is -2.62. The van der Waals surface area contributed by atoms with Crippen LogP contribution < -0.4 is 26.2 Å². The zero-order chi connectivity index (χ0) is 47.6. The minimum Gasteiger partial charge on any atom is -0.456 e. The van der Waals surface area contributed by atoms with Gasteiger partial charge < -0.3 is 14.2 Å². The molecule has 0 spiro atoms. The van der Waals surface area contributed by atoms with E-state index in [-0.39, 0.29) is 33.8 Å². The molecule has 0 atom stereocenters. The fraction of sp³-hybridized carbons (Fsp3) is 0.344. The summed E-state index contributed by atoms with van der Waals surface area (Å²) in [6, 6.07) is 47.3. The summed E-state index contributed by atoms with van der Waals surface area (Å²) in [5, 5.41) is 2.39. The van der Waals surface area contributed by atoms with Crippen LogP contribution in [0.1, 0.15) is 141 Å². The van der Waals surface area contributed by atoms with Crippen LogP contribution in [0.3, 0.4) is 0 Å². The van der Waals surface area contributed by atoms with Crippen molar-refractivity contribution in [2.45, 2.75) is 143 Å². The van der Waals surface area contributed by atoms with Crippen molar-refractivity contribution in [1.82, 2.24) is 0 Å². The third kappa shape index (κ3) is 6.31. The summed E-state index contributed by atoms with van der Waals surface area (Å²) in [7, 11) is 0. The lowest BCUT2D eigenvalue weighted by Gasteiger charge is -2.47. The first kappa shape index (κ1) is 43.3. The standard InChI is InChI=1S/C64H67BN2O/c1-38-29-55-59-56(30-38)67(52-22-18-17-21-42(52)40-19-15-14-16-20-40)53-33-44-43-32-45-48(64(12,13)28-25-61(45,6)7)36-57(43)68-58(44)37-50(53)65(59)49-34-46-47(63(10,11)27-26-62(46,8)9)35-54(49)66(55)51-24-23-41(31-39(51)2)60(3,4)5/h14-24,29-37H,25-28H2,1-13H3. The number of furan rings is 1. The molecule has 3 nitrogen and oxygen atoms in total. The molecule has 0 saturated carbocycles. The first-order valence-corrected chi connectivity index (χ1v) is 25.4.